The minimum absolute atomic E-state index is 0.00687. The van der Waals surface area contributed by atoms with E-state index in [-0.39, 0.29) is 38.6 Å². The van der Waals surface area contributed by atoms with Crippen molar-refractivity contribution in [1.82, 2.24) is 14.9 Å². The number of phenols is 1. The maximum absolute atomic E-state index is 12.2. The fourth-order valence-electron chi connectivity index (χ4n) is 5.08. The number of carbonyl (C=O) groups excluding carboxylic acids is 2. The third-order valence-electron chi connectivity index (χ3n) is 6.80. The number of phenolic OH excluding ortho intramolecular Hbond substituents is 1. The van der Waals surface area contributed by atoms with Crippen LogP contribution in [0.1, 0.15) is 30.5 Å². The summed E-state index contributed by atoms with van der Waals surface area (Å²) < 4.78 is 10.1. The number of aromatic nitrogens is 2. The molecule has 0 saturated carbocycles. The summed E-state index contributed by atoms with van der Waals surface area (Å²) in [6.07, 6.45) is 1.53. The molecule has 5 aromatic rings. The standard InChI is InChI=1S/C32H33N5O5/c1-4-41-27(38)18-37(19-28(39)42-5-2)17-22-15-20(3)14-21(31(22)40)16-33-36-32-29-23-10-6-8-12-25(23)34-30(29)24-11-7-9-13-26(24)35-32/h6-16,34,40H,4-5,17-19H2,1-3H3,(H,35,36)/b33-16+. The van der Waals surface area contributed by atoms with Gasteiger partial charge in [-0.3, -0.25) is 19.9 Å². The van der Waals surface area contributed by atoms with Crippen molar-refractivity contribution in [3.63, 3.8) is 0 Å². The van der Waals surface area contributed by atoms with Gasteiger partial charge >= 0.3 is 11.9 Å². The van der Waals surface area contributed by atoms with E-state index < -0.39 is 11.9 Å². The van der Waals surface area contributed by atoms with E-state index in [4.69, 9.17) is 14.5 Å². The number of nitrogens with one attached hydrogen (secondary N) is 2. The zero-order valence-electron chi connectivity index (χ0n) is 23.8. The van der Waals surface area contributed by atoms with E-state index >= 15 is 0 Å². The Hall–Kier alpha value is -4.96. The number of pyridine rings is 1. The minimum Gasteiger partial charge on any atom is -0.507 e. The molecule has 0 fully saturated rings. The first-order chi connectivity index (χ1) is 20.4. The molecule has 0 aliphatic rings. The Morgan fingerprint density at radius 2 is 1.67 bits per heavy atom. The second-order valence-electron chi connectivity index (χ2n) is 9.89. The highest BCUT2D eigenvalue weighted by Crippen LogP contribution is 2.35. The number of hydrogen-bond acceptors (Lipinski definition) is 9. The first-order valence-corrected chi connectivity index (χ1v) is 13.8. The lowest BCUT2D eigenvalue weighted by atomic mass is 10.0. The Kier molecular flexibility index (Phi) is 8.63. The molecule has 5 rings (SSSR count). The molecule has 10 nitrogen and oxygen atoms in total. The predicted molar refractivity (Wildman–Crippen MR) is 164 cm³/mol. The number of nitrogens with zero attached hydrogens (tertiary/aromatic N) is 3. The molecule has 0 saturated heterocycles. The predicted octanol–water partition coefficient (Wildman–Crippen LogP) is 5.26. The smallest absolute Gasteiger partial charge is 0.320 e. The molecule has 2 heterocycles. The molecular formula is C32H33N5O5. The zero-order valence-corrected chi connectivity index (χ0v) is 23.8. The number of esters is 2. The van der Waals surface area contributed by atoms with Gasteiger partial charge in [0.25, 0.3) is 0 Å². The second-order valence-corrected chi connectivity index (χ2v) is 9.89. The largest absolute Gasteiger partial charge is 0.507 e. The summed E-state index contributed by atoms with van der Waals surface area (Å²) in [5.41, 5.74) is 7.74. The first kappa shape index (κ1) is 28.6. The van der Waals surface area contributed by atoms with E-state index in [0.29, 0.717) is 16.9 Å². The SMILES string of the molecule is CCOC(=O)CN(CC(=O)OCC)Cc1cc(C)cc(/C=N/Nc2nc3ccccc3c3[nH]c4ccccc4c23)c1O. The van der Waals surface area contributed by atoms with Crippen molar-refractivity contribution in [2.24, 2.45) is 5.10 Å². The Bertz CT molecular complexity index is 1780. The summed E-state index contributed by atoms with van der Waals surface area (Å²) in [6, 6.07) is 19.6. The van der Waals surface area contributed by atoms with Gasteiger partial charge in [0, 0.05) is 34.0 Å². The molecule has 0 spiro atoms. The number of carbonyl (C=O) groups is 2. The summed E-state index contributed by atoms with van der Waals surface area (Å²) in [7, 11) is 0. The second kappa shape index (κ2) is 12.7. The minimum atomic E-state index is -0.466. The van der Waals surface area contributed by atoms with Crippen molar-refractivity contribution in [2.75, 3.05) is 31.7 Å². The van der Waals surface area contributed by atoms with E-state index in [1.165, 1.54) is 6.21 Å². The molecule has 0 amide bonds. The van der Waals surface area contributed by atoms with E-state index in [0.717, 1.165) is 38.3 Å². The van der Waals surface area contributed by atoms with Gasteiger partial charge in [-0.05, 0) is 44.5 Å². The van der Waals surface area contributed by atoms with Gasteiger partial charge < -0.3 is 19.6 Å². The molecule has 0 unspecified atom stereocenters. The van der Waals surface area contributed by atoms with Crippen molar-refractivity contribution < 1.29 is 24.2 Å². The van der Waals surface area contributed by atoms with Crippen LogP contribution in [0.25, 0.3) is 32.7 Å². The van der Waals surface area contributed by atoms with E-state index in [1.807, 2.05) is 61.5 Å². The molecule has 0 radical (unpaired) electrons. The molecule has 0 aliphatic carbocycles. The van der Waals surface area contributed by atoms with Crippen LogP contribution in [0.5, 0.6) is 5.75 Å². The maximum atomic E-state index is 12.2. The van der Waals surface area contributed by atoms with Gasteiger partial charge in [0.2, 0.25) is 0 Å². The van der Waals surface area contributed by atoms with Gasteiger partial charge in [0.15, 0.2) is 5.82 Å². The number of para-hydroxylation sites is 2. The van der Waals surface area contributed by atoms with Gasteiger partial charge in [0.1, 0.15) is 5.75 Å². The van der Waals surface area contributed by atoms with Gasteiger partial charge in [-0.1, -0.05) is 42.5 Å². The van der Waals surface area contributed by atoms with Crippen LogP contribution in [-0.4, -0.2) is 64.4 Å². The number of hydrazone groups is 1. The number of H-pyrrole nitrogens is 1. The monoisotopic (exact) mass is 567 g/mol. The molecule has 3 aromatic carbocycles. The van der Waals surface area contributed by atoms with Crippen molar-refractivity contribution in [3.8, 4) is 5.75 Å². The van der Waals surface area contributed by atoms with Gasteiger partial charge in [-0.25, -0.2) is 4.98 Å². The third-order valence-corrected chi connectivity index (χ3v) is 6.80. The van der Waals surface area contributed by atoms with Gasteiger partial charge in [-0.15, -0.1) is 0 Å². The lowest BCUT2D eigenvalue weighted by molar-refractivity contribution is -0.148. The Labute approximate surface area is 242 Å². The number of rotatable bonds is 11. The topological polar surface area (TPSA) is 129 Å². The number of fused-ring (bicyclic) bond motifs is 5. The quantitative estimate of drug-likeness (QED) is 0.112. The highest BCUT2D eigenvalue weighted by Gasteiger charge is 2.19. The Morgan fingerprint density at radius 1 is 1.00 bits per heavy atom. The summed E-state index contributed by atoms with van der Waals surface area (Å²) in [5.74, 6) is -0.356. The van der Waals surface area contributed by atoms with Crippen LogP contribution < -0.4 is 5.43 Å². The number of hydrogen-bond donors (Lipinski definition) is 3. The molecule has 216 valence electrons. The lowest BCUT2D eigenvalue weighted by Crippen LogP contribution is -2.35. The van der Waals surface area contributed by atoms with Gasteiger partial charge in [0.05, 0.1) is 48.9 Å². The Morgan fingerprint density at radius 3 is 2.38 bits per heavy atom. The van der Waals surface area contributed by atoms with Crippen molar-refractivity contribution in [3.05, 3.63) is 77.4 Å². The molecule has 0 bridgehead atoms. The summed E-state index contributed by atoms with van der Waals surface area (Å²) in [5, 5.41) is 18.6. The number of ether oxygens (including phenoxy) is 2. The van der Waals surface area contributed by atoms with Crippen LogP contribution in [-0.2, 0) is 25.6 Å². The average Bonchev–Trinajstić information content (AvgIpc) is 3.36. The van der Waals surface area contributed by atoms with Crippen molar-refractivity contribution in [2.45, 2.75) is 27.3 Å². The summed E-state index contributed by atoms with van der Waals surface area (Å²) in [4.78, 5) is 34.3. The van der Waals surface area contributed by atoms with E-state index in [1.54, 1.807) is 24.8 Å². The van der Waals surface area contributed by atoms with E-state index in [2.05, 4.69) is 15.5 Å². The molecule has 3 N–H and O–H groups in total. The molecule has 0 aliphatic heterocycles. The van der Waals surface area contributed by atoms with Crippen LogP contribution in [0.4, 0.5) is 5.82 Å². The zero-order chi connectivity index (χ0) is 29.6. The van der Waals surface area contributed by atoms with Crippen LogP contribution in [0, 0.1) is 6.92 Å². The highest BCUT2D eigenvalue weighted by atomic mass is 16.5. The number of aromatic amines is 1. The van der Waals surface area contributed by atoms with Crippen LogP contribution in [0.3, 0.4) is 0 Å². The van der Waals surface area contributed by atoms with Crippen molar-refractivity contribution >= 4 is 56.7 Å². The number of anilines is 1. The highest BCUT2D eigenvalue weighted by molar-refractivity contribution is 6.20. The lowest BCUT2D eigenvalue weighted by Gasteiger charge is -2.21. The summed E-state index contributed by atoms with van der Waals surface area (Å²) >= 11 is 0. The molecule has 10 heteroatoms. The fraction of sp³-hybridized carbons (Fsp3) is 0.250. The fourth-order valence-corrected chi connectivity index (χ4v) is 5.08. The molecular weight excluding hydrogens is 534 g/mol. The molecule has 0 atom stereocenters. The first-order valence-electron chi connectivity index (χ1n) is 13.8. The molecule has 42 heavy (non-hydrogen) atoms. The normalized spacial score (nSPS) is 11.6. The molecule has 2 aromatic heterocycles. The van der Waals surface area contributed by atoms with Crippen LogP contribution in [0.15, 0.2) is 65.8 Å². The van der Waals surface area contributed by atoms with Gasteiger partial charge in [-0.2, -0.15) is 5.10 Å². The van der Waals surface area contributed by atoms with Crippen molar-refractivity contribution in [1.29, 1.82) is 0 Å². The summed E-state index contributed by atoms with van der Waals surface area (Å²) in [6.45, 7) is 5.67. The van der Waals surface area contributed by atoms with Crippen LogP contribution >= 0.6 is 0 Å². The van der Waals surface area contributed by atoms with E-state index in [9.17, 15) is 14.7 Å². The average molecular weight is 568 g/mol. The third kappa shape index (κ3) is 6.18. The number of benzene rings is 3. The van der Waals surface area contributed by atoms with Crippen LogP contribution in [0.2, 0.25) is 0 Å². The number of aryl methyl sites for hydroxylation is 1. The maximum Gasteiger partial charge on any atom is 0.320 e. The number of aromatic hydroxyl groups is 1. The Balaban J connectivity index is 1.44.